The van der Waals surface area contributed by atoms with E-state index in [0.717, 1.165) is 6.07 Å². The maximum Gasteiger partial charge on any atom is 0.164 e. The van der Waals surface area contributed by atoms with Crippen molar-refractivity contribution in [3.05, 3.63) is 60.3 Å². The van der Waals surface area contributed by atoms with E-state index < -0.39 is 17.3 Å². The Labute approximate surface area is 178 Å². The molecule has 0 unspecified atom stereocenters. The van der Waals surface area contributed by atoms with Crippen LogP contribution in [0, 0.1) is 28.8 Å². The minimum absolute atomic E-state index is 0. The zero-order valence-electron chi connectivity index (χ0n) is 16.8. The van der Waals surface area contributed by atoms with Gasteiger partial charge in [-0.15, -0.1) is 6.07 Å². The van der Waals surface area contributed by atoms with Gasteiger partial charge in [0.05, 0.1) is 0 Å². The normalized spacial score (nSPS) is 11.8. The van der Waals surface area contributed by atoms with Crippen LogP contribution < -0.4 is 0 Å². The molecule has 1 N–H and O–H groups in total. The topological polar surface area (TPSA) is 63.1 Å². The van der Waals surface area contributed by atoms with Gasteiger partial charge in [0.15, 0.2) is 5.78 Å². The fraction of sp³-hybridized carbons (Fsp3) is 0.381. The SMILES string of the molecule is CC(C)(C)C(=O)/C=C(\O)C(C)(C)C.Fc1c[c-]c(-c2ccccn2)c(F)n1.[Ir]. The van der Waals surface area contributed by atoms with Gasteiger partial charge in [-0.25, -0.2) is 8.78 Å². The monoisotopic (exact) mass is 568 g/mol. The number of nitrogens with zero attached hydrogens (tertiary/aromatic N) is 2. The van der Waals surface area contributed by atoms with Crippen molar-refractivity contribution in [2.45, 2.75) is 41.5 Å². The third kappa shape index (κ3) is 8.36. The predicted octanol–water partition coefficient (Wildman–Crippen LogP) is 5.31. The van der Waals surface area contributed by atoms with Crippen LogP contribution in [0.4, 0.5) is 8.78 Å². The molecule has 2 aromatic rings. The summed E-state index contributed by atoms with van der Waals surface area (Å²) in [5.74, 6) is -1.68. The summed E-state index contributed by atoms with van der Waals surface area (Å²) in [6, 6.07) is 8.45. The number of hydrogen-bond donors (Lipinski definition) is 1. The molecule has 0 amide bonds. The maximum absolute atomic E-state index is 13.1. The second-order valence-electron chi connectivity index (χ2n) is 8.00. The van der Waals surface area contributed by atoms with Crippen molar-refractivity contribution in [3.8, 4) is 11.3 Å². The van der Waals surface area contributed by atoms with Crippen LogP contribution in [-0.2, 0) is 24.9 Å². The van der Waals surface area contributed by atoms with E-state index in [4.69, 9.17) is 0 Å². The molecule has 28 heavy (non-hydrogen) atoms. The van der Waals surface area contributed by atoms with E-state index in [2.05, 4.69) is 16.0 Å². The van der Waals surface area contributed by atoms with Gasteiger partial charge in [-0.1, -0.05) is 65.3 Å². The molecule has 2 heterocycles. The predicted molar refractivity (Wildman–Crippen MR) is 101 cm³/mol. The number of aliphatic hydroxyl groups is 1. The molecule has 0 aliphatic heterocycles. The molecule has 4 nitrogen and oxygen atoms in total. The van der Waals surface area contributed by atoms with E-state index in [-0.39, 0.29) is 42.6 Å². The number of aliphatic hydroxyl groups excluding tert-OH is 1. The summed E-state index contributed by atoms with van der Waals surface area (Å²) in [7, 11) is 0. The minimum atomic E-state index is -0.899. The Morgan fingerprint density at radius 3 is 2.14 bits per heavy atom. The van der Waals surface area contributed by atoms with Gasteiger partial charge >= 0.3 is 0 Å². The zero-order valence-corrected chi connectivity index (χ0v) is 19.2. The molecule has 0 aliphatic rings. The molecule has 0 aromatic carbocycles. The number of rotatable bonds is 2. The van der Waals surface area contributed by atoms with Crippen LogP contribution in [0.15, 0.2) is 42.3 Å². The van der Waals surface area contributed by atoms with Crippen LogP contribution in [0.5, 0.6) is 0 Å². The van der Waals surface area contributed by atoms with Gasteiger partial charge < -0.3 is 10.1 Å². The number of hydrogen-bond acceptors (Lipinski definition) is 4. The van der Waals surface area contributed by atoms with Crippen LogP contribution in [0.25, 0.3) is 11.3 Å². The fourth-order valence-corrected chi connectivity index (χ4v) is 1.62. The summed E-state index contributed by atoms with van der Waals surface area (Å²) in [4.78, 5) is 18.4. The number of carbonyl (C=O) groups is 1. The summed E-state index contributed by atoms with van der Waals surface area (Å²) in [5, 5.41) is 9.56. The molecule has 0 atom stereocenters. The number of allylic oxidation sites excluding steroid dienone is 2. The molecular formula is C21H25F2IrN2O2-. The van der Waals surface area contributed by atoms with Crippen LogP contribution in [-0.4, -0.2) is 20.9 Å². The molecule has 155 valence electrons. The van der Waals surface area contributed by atoms with E-state index in [9.17, 15) is 18.7 Å². The van der Waals surface area contributed by atoms with Crippen LogP contribution in [0.2, 0.25) is 0 Å². The summed E-state index contributed by atoms with van der Waals surface area (Å²) in [6.07, 6.45) is 2.85. The van der Waals surface area contributed by atoms with E-state index in [1.807, 2.05) is 41.5 Å². The molecule has 1 radical (unpaired) electrons. The van der Waals surface area contributed by atoms with Gasteiger partial charge in [0.2, 0.25) is 0 Å². The Morgan fingerprint density at radius 1 is 1.11 bits per heavy atom. The molecule has 0 saturated heterocycles. The van der Waals surface area contributed by atoms with Crippen molar-refractivity contribution < 1.29 is 38.8 Å². The molecule has 7 heteroatoms. The van der Waals surface area contributed by atoms with Gasteiger partial charge in [-0.2, -0.15) is 0 Å². The Morgan fingerprint density at radius 2 is 1.71 bits per heavy atom. The molecule has 0 bridgehead atoms. The van der Waals surface area contributed by atoms with Crippen LogP contribution in [0.1, 0.15) is 41.5 Å². The summed E-state index contributed by atoms with van der Waals surface area (Å²) in [6.45, 7) is 11.1. The van der Waals surface area contributed by atoms with Crippen molar-refractivity contribution in [3.63, 3.8) is 0 Å². The smallest absolute Gasteiger partial charge is 0.164 e. The first kappa shape index (κ1) is 26.0. The first-order chi connectivity index (χ1) is 12.3. The molecule has 2 rings (SSSR count). The van der Waals surface area contributed by atoms with Gasteiger partial charge in [-0.05, 0) is 11.8 Å². The van der Waals surface area contributed by atoms with Gasteiger partial charge in [-0.3, -0.25) is 9.78 Å². The largest absolute Gasteiger partial charge is 0.512 e. The number of carbonyl (C=O) groups excluding carboxylic acids is 1. The molecule has 0 aliphatic carbocycles. The van der Waals surface area contributed by atoms with E-state index >= 15 is 0 Å². The number of aromatic nitrogens is 2. The third-order valence-electron chi connectivity index (χ3n) is 3.44. The van der Waals surface area contributed by atoms with Gasteiger partial charge in [0.1, 0.15) is 17.7 Å². The fourth-order valence-electron chi connectivity index (χ4n) is 1.62. The summed E-state index contributed by atoms with van der Waals surface area (Å²) >= 11 is 0. The Bertz CT molecular complexity index is 811. The molecular weight excluding hydrogens is 542 g/mol. The van der Waals surface area contributed by atoms with E-state index in [0.29, 0.717) is 5.69 Å². The quantitative estimate of drug-likeness (QED) is 0.231. The van der Waals surface area contributed by atoms with Crippen molar-refractivity contribution in [1.82, 2.24) is 9.97 Å². The third-order valence-corrected chi connectivity index (χ3v) is 3.44. The average Bonchev–Trinajstić information content (AvgIpc) is 2.54. The second kappa shape index (κ2) is 10.5. The zero-order chi connectivity index (χ0) is 20.8. The Kier molecular flexibility index (Phi) is 9.79. The summed E-state index contributed by atoms with van der Waals surface area (Å²) < 4.78 is 25.6. The Hall–Kier alpha value is -1.98. The molecule has 0 spiro atoms. The summed E-state index contributed by atoms with van der Waals surface area (Å²) in [5.41, 5.74) is -0.301. The molecule has 0 fully saturated rings. The van der Waals surface area contributed by atoms with E-state index in [1.54, 1.807) is 18.2 Å². The number of ketones is 1. The second-order valence-corrected chi connectivity index (χ2v) is 8.00. The van der Waals surface area contributed by atoms with Gasteiger partial charge in [0.25, 0.3) is 0 Å². The van der Waals surface area contributed by atoms with Crippen molar-refractivity contribution in [1.29, 1.82) is 0 Å². The van der Waals surface area contributed by atoms with Crippen molar-refractivity contribution >= 4 is 5.78 Å². The van der Waals surface area contributed by atoms with E-state index in [1.165, 1.54) is 12.3 Å². The Balaban J connectivity index is 0.000000505. The maximum atomic E-state index is 13.1. The minimum Gasteiger partial charge on any atom is -0.512 e. The molecule has 2 aromatic heterocycles. The molecule has 0 saturated carbocycles. The number of halogens is 2. The first-order valence-corrected chi connectivity index (χ1v) is 8.43. The van der Waals surface area contributed by atoms with Crippen molar-refractivity contribution in [2.75, 3.05) is 0 Å². The van der Waals surface area contributed by atoms with Crippen molar-refractivity contribution in [2.24, 2.45) is 10.8 Å². The number of pyridine rings is 2. The first-order valence-electron chi connectivity index (χ1n) is 8.43. The average molecular weight is 568 g/mol. The standard InChI is InChI=1S/C11H20O2.C10H5F2N2.Ir/c1-10(2,3)8(12)7-9(13)11(4,5)6;11-9-5-4-7(10(12)14-9)8-3-1-2-6-13-8;/h7,12H,1-6H3;1-3,5-6H;/q;-1;/b8-7-;;. The van der Waals surface area contributed by atoms with Gasteiger partial charge in [0, 0.05) is 43.2 Å². The van der Waals surface area contributed by atoms with Crippen LogP contribution >= 0.6 is 0 Å². The van der Waals surface area contributed by atoms with Crippen LogP contribution in [0.3, 0.4) is 0 Å².